The van der Waals surface area contributed by atoms with E-state index in [0.29, 0.717) is 35.7 Å². The van der Waals surface area contributed by atoms with Gasteiger partial charge in [-0.3, -0.25) is 13.9 Å². The van der Waals surface area contributed by atoms with Crippen LogP contribution in [0, 0.1) is 13.8 Å². The second-order valence-corrected chi connectivity index (χ2v) is 7.51. The van der Waals surface area contributed by atoms with Crippen molar-refractivity contribution in [3.8, 4) is 0 Å². The van der Waals surface area contributed by atoms with E-state index >= 15 is 0 Å². The molecular weight excluding hydrogens is 382 g/mol. The summed E-state index contributed by atoms with van der Waals surface area (Å²) in [5.41, 5.74) is 2.65. The van der Waals surface area contributed by atoms with E-state index < -0.39 is 0 Å². The van der Waals surface area contributed by atoms with Crippen LogP contribution in [0.4, 0.5) is 0 Å². The molecular formula is C22H25N5O3. The number of imidazole rings is 1. The average molecular weight is 407 g/mol. The molecule has 0 N–H and O–H groups in total. The topological polar surface area (TPSA) is 87.8 Å². The van der Waals surface area contributed by atoms with Crippen molar-refractivity contribution < 1.29 is 4.52 Å². The summed E-state index contributed by atoms with van der Waals surface area (Å²) in [5, 5.41) is 3.95. The molecule has 0 aliphatic heterocycles. The van der Waals surface area contributed by atoms with Gasteiger partial charge >= 0.3 is 5.69 Å². The number of rotatable bonds is 7. The first-order valence-electron chi connectivity index (χ1n) is 10.2. The normalized spacial score (nSPS) is 11.4. The molecule has 0 radical (unpaired) electrons. The first kappa shape index (κ1) is 19.9. The molecule has 0 fully saturated rings. The predicted octanol–water partition coefficient (Wildman–Crippen LogP) is 2.86. The average Bonchev–Trinajstić information content (AvgIpc) is 3.29. The van der Waals surface area contributed by atoms with Crippen LogP contribution in [0.25, 0.3) is 11.2 Å². The monoisotopic (exact) mass is 407 g/mol. The molecule has 3 aromatic heterocycles. The maximum atomic E-state index is 13.4. The van der Waals surface area contributed by atoms with Crippen LogP contribution in [-0.4, -0.2) is 23.8 Å². The molecule has 0 unspecified atom stereocenters. The second-order valence-electron chi connectivity index (χ2n) is 7.51. The van der Waals surface area contributed by atoms with Crippen LogP contribution in [0.2, 0.25) is 0 Å². The molecule has 156 valence electrons. The number of hydrogen-bond donors (Lipinski definition) is 0. The molecule has 4 aromatic rings. The van der Waals surface area contributed by atoms with Crippen molar-refractivity contribution in [1.82, 2.24) is 23.8 Å². The molecule has 0 saturated carbocycles. The Bertz CT molecular complexity index is 1270. The summed E-state index contributed by atoms with van der Waals surface area (Å²) in [7, 11) is 0. The molecule has 0 atom stereocenters. The number of benzene rings is 1. The predicted molar refractivity (Wildman–Crippen MR) is 114 cm³/mol. The summed E-state index contributed by atoms with van der Waals surface area (Å²) >= 11 is 0. The van der Waals surface area contributed by atoms with Crippen molar-refractivity contribution in [3.05, 3.63) is 80.1 Å². The van der Waals surface area contributed by atoms with E-state index in [4.69, 9.17) is 4.52 Å². The Hall–Kier alpha value is -3.42. The third kappa shape index (κ3) is 3.49. The van der Waals surface area contributed by atoms with E-state index in [9.17, 15) is 9.59 Å². The summed E-state index contributed by atoms with van der Waals surface area (Å²) in [6, 6.07) is 9.87. The molecule has 3 heterocycles. The van der Waals surface area contributed by atoms with Crippen molar-refractivity contribution in [3.63, 3.8) is 0 Å². The Morgan fingerprint density at radius 2 is 1.80 bits per heavy atom. The minimum atomic E-state index is -0.356. The largest absolute Gasteiger partial charge is 0.361 e. The first-order chi connectivity index (χ1) is 14.5. The SMILES string of the molecule is CCCCn1c(=O)n(Cc2c(C)noc2C)c(=O)c2c1ncn2Cc1ccccc1. The summed E-state index contributed by atoms with van der Waals surface area (Å²) in [5.74, 6) is 0.608. The van der Waals surface area contributed by atoms with Gasteiger partial charge in [0.1, 0.15) is 5.76 Å². The number of fused-ring (bicyclic) bond motifs is 1. The van der Waals surface area contributed by atoms with Crippen LogP contribution < -0.4 is 11.2 Å². The van der Waals surface area contributed by atoms with Crippen LogP contribution in [0.3, 0.4) is 0 Å². The lowest BCUT2D eigenvalue weighted by Gasteiger charge is -2.12. The number of nitrogens with zero attached hydrogens (tertiary/aromatic N) is 5. The van der Waals surface area contributed by atoms with Crippen LogP contribution in [0.15, 0.2) is 50.8 Å². The van der Waals surface area contributed by atoms with E-state index in [-0.39, 0.29) is 17.8 Å². The summed E-state index contributed by atoms with van der Waals surface area (Å²) < 4.78 is 9.93. The molecule has 30 heavy (non-hydrogen) atoms. The zero-order valence-corrected chi connectivity index (χ0v) is 17.5. The summed E-state index contributed by atoms with van der Waals surface area (Å²) in [6.07, 6.45) is 3.40. The third-order valence-corrected chi connectivity index (χ3v) is 5.41. The third-order valence-electron chi connectivity index (χ3n) is 5.41. The highest BCUT2D eigenvalue weighted by molar-refractivity contribution is 5.70. The van der Waals surface area contributed by atoms with Gasteiger partial charge in [0.25, 0.3) is 5.56 Å². The van der Waals surface area contributed by atoms with Crippen LogP contribution in [0.1, 0.15) is 42.3 Å². The van der Waals surface area contributed by atoms with E-state index in [2.05, 4.69) is 17.1 Å². The smallest absolute Gasteiger partial charge is 0.333 e. The highest BCUT2D eigenvalue weighted by Crippen LogP contribution is 2.15. The van der Waals surface area contributed by atoms with Gasteiger partial charge < -0.3 is 9.09 Å². The summed E-state index contributed by atoms with van der Waals surface area (Å²) in [6.45, 7) is 6.80. The Kier molecular flexibility index (Phi) is 5.39. The number of aromatic nitrogens is 5. The fraction of sp³-hybridized carbons (Fsp3) is 0.364. The van der Waals surface area contributed by atoms with Crippen molar-refractivity contribution in [2.24, 2.45) is 0 Å². The highest BCUT2D eigenvalue weighted by Gasteiger charge is 2.20. The molecule has 4 rings (SSSR count). The number of aryl methyl sites for hydroxylation is 3. The van der Waals surface area contributed by atoms with Gasteiger partial charge in [-0.2, -0.15) is 0 Å². The molecule has 0 bridgehead atoms. The maximum absolute atomic E-state index is 13.4. The fourth-order valence-corrected chi connectivity index (χ4v) is 3.68. The van der Waals surface area contributed by atoms with Crippen molar-refractivity contribution >= 4 is 11.2 Å². The van der Waals surface area contributed by atoms with Crippen molar-refractivity contribution in [2.45, 2.75) is 53.2 Å². The lowest BCUT2D eigenvalue weighted by molar-refractivity contribution is 0.391. The Labute approximate surface area is 173 Å². The van der Waals surface area contributed by atoms with E-state index in [0.717, 1.165) is 24.0 Å². The minimum Gasteiger partial charge on any atom is -0.361 e. The van der Waals surface area contributed by atoms with Gasteiger partial charge in [0, 0.05) is 18.7 Å². The first-order valence-corrected chi connectivity index (χ1v) is 10.2. The quantitative estimate of drug-likeness (QED) is 0.470. The van der Waals surface area contributed by atoms with Crippen molar-refractivity contribution in [2.75, 3.05) is 0 Å². The molecule has 0 aliphatic rings. The standard InChI is InChI=1S/C22H25N5O3/c1-4-5-11-26-20-19(25(14-23-20)12-17-9-7-6-8-10-17)21(28)27(22(26)29)13-18-15(2)24-30-16(18)3/h6-10,14H,4-5,11-13H2,1-3H3. The zero-order chi connectivity index (χ0) is 21.3. The minimum absolute atomic E-state index is 0.122. The zero-order valence-electron chi connectivity index (χ0n) is 17.5. The molecule has 8 nitrogen and oxygen atoms in total. The Balaban J connectivity index is 1.91. The molecule has 0 amide bonds. The Morgan fingerprint density at radius 3 is 2.47 bits per heavy atom. The lowest BCUT2D eigenvalue weighted by atomic mass is 10.2. The van der Waals surface area contributed by atoms with Crippen LogP contribution in [-0.2, 0) is 19.6 Å². The summed E-state index contributed by atoms with van der Waals surface area (Å²) in [4.78, 5) is 31.1. The molecule has 0 spiro atoms. The van der Waals surface area contributed by atoms with Gasteiger partial charge in [-0.15, -0.1) is 0 Å². The van der Waals surface area contributed by atoms with Gasteiger partial charge in [-0.25, -0.2) is 9.78 Å². The van der Waals surface area contributed by atoms with Gasteiger partial charge in [-0.1, -0.05) is 48.8 Å². The van der Waals surface area contributed by atoms with E-state index in [1.807, 2.05) is 41.8 Å². The van der Waals surface area contributed by atoms with Gasteiger partial charge in [0.05, 0.1) is 18.6 Å². The maximum Gasteiger partial charge on any atom is 0.333 e. The molecule has 8 heteroatoms. The van der Waals surface area contributed by atoms with E-state index in [1.54, 1.807) is 17.8 Å². The second kappa shape index (κ2) is 8.14. The van der Waals surface area contributed by atoms with Crippen LogP contribution >= 0.6 is 0 Å². The fourth-order valence-electron chi connectivity index (χ4n) is 3.68. The van der Waals surface area contributed by atoms with Crippen LogP contribution in [0.5, 0.6) is 0 Å². The number of unbranched alkanes of at least 4 members (excludes halogenated alkanes) is 1. The van der Waals surface area contributed by atoms with E-state index in [1.165, 1.54) is 4.57 Å². The van der Waals surface area contributed by atoms with Gasteiger partial charge in [-0.05, 0) is 25.8 Å². The number of hydrogen-bond acceptors (Lipinski definition) is 5. The molecule has 1 aromatic carbocycles. The Morgan fingerprint density at radius 1 is 1.03 bits per heavy atom. The lowest BCUT2D eigenvalue weighted by Crippen LogP contribution is -2.41. The van der Waals surface area contributed by atoms with Crippen molar-refractivity contribution in [1.29, 1.82) is 0 Å². The molecule has 0 aliphatic carbocycles. The molecule has 0 saturated heterocycles. The highest BCUT2D eigenvalue weighted by atomic mass is 16.5. The van der Waals surface area contributed by atoms with Gasteiger partial charge in [0.15, 0.2) is 11.2 Å². The van der Waals surface area contributed by atoms with Gasteiger partial charge in [0.2, 0.25) is 0 Å².